The highest BCUT2D eigenvalue weighted by atomic mass is 16.1. The molecule has 18 heavy (non-hydrogen) atoms. The lowest BCUT2D eigenvalue weighted by Crippen LogP contribution is -2.35. The van der Waals surface area contributed by atoms with Gasteiger partial charge in [0.15, 0.2) is 0 Å². The summed E-state index contributed by atoms with van der Waals surface area (Å²) >= 11 is 0. The lowest BCUT2D eigenvalue weighted by atomic mass is 10.0. The molecule has 0 spiro atoms. The monoisotopic (exact) mass is 246 g/mol. The third kappa shape index (κ3) is 3.33. The van der Waals surface area contributed by atoms with Crippen molar-refractivity contribution < 1.29 is 4.79 Å². The highest BCUT2D eigenvalue weighted by Crippen LogP contribution is 2.17. The van der Waals surface area contributed by atoms with Gasteiger partial charge < -0.3 is 11.1 Å². The van der Waals surface area contributed by atoms with Crippen LogP contribution in [0.25, 0.3) is 0 Å². The van der Waals surface area contributed by atoms with Crippen molar-refractivity contribution in [3.8, 4) is 0 Å². The Balaban J connectivity index is 1.91. The average Bonchev–Trinajstić information content (AvgIpc) is 2.68. The zero-order valence-corrected chi connectivity index (χ0v) is 11.2. The summed E-state index contributed by atoms with van der Waals surface area (Å²) in [5, 5.41) is 3.08. The zero-order valence-electron chi connectivity index (χ0n) is 11.2. The fourth-order valence-corrected chi connectivity index (χ4v) is 2.64. The van der Waals surface area contributed by atoms with Crippen molar-refractivity contribution in [2.24, 2.45) is 5.73 Å². The molecule has 1 aliphatic carbocycles. The third-order valence-corrected chi connectivity index (χ3v) is 3.69. The highest BCUT2D eigenvalue weighted by Gasteiger charge is 2.23. The summed E-state index contributed by atoms with van der Waals surface area (Å²) in [4.78, 5) is 12.0. The Morgan fingerprint density at radius 3 is 2.78 bits per heavy atom. The first kappa shape index (κ1) is 13.1. The van der Waals surface area contributed by atoms with Crippen molar-refractivity contribution in [1.82, 2.24) is 5.32 Å². The number of aryl methyl sites for hydroxylation is 2. The maximum Gasteiger partial charge on any atom is 0.224 e. The third-order valence-electron chi connectivity index (χ3n) is 3.69. The largest absolute Gasteiger partial charge is 0.353 e. The second-order valence-corrected chi connectivity index (χ2v) is 5.44. The van der Waals surface area contributed by atoms with E-state index in [1.165, 1.54) is 11.1 Å². The van der Waals surface area contributed by atoms with E-state index in [1.54, 1.807) is 0 Å². The second-order valence-electron chi connectivity index (χ2n) is 5.44. The highest BCUT2D eigenvalue weighted by molar-refractivity contribution is 5.79. The maximum absolute atomic E-state index is 12.0. The Morgan fingerprint density at radius 1 is 1.39 bits per heavy atom. The average molecular weight is 246 g/mol. The fraction of sp³-hybridized carbons (Fsp3) is 0.533. The van der Waals surface area contributed by atoms with Gasteiger partial charge in [-0.15, -0.1) is 0 Å². The van der Waals surface area contributed by atoms with Crippen LogP contribution in [-0.2, 0) is 11.2 Å². The van der Waals surface area contributed by atoms with Crippen molar-refractivity contribution >= 4 is 5.91 Å². The van der Waals surface area contributed by atoms with Crippen LogP contribution in [0.1, 0.15) is 36.0 Å². The second kappa shape index (κ2) is 5.53. The van der Waals surface area contributed by atoms with Crippen LogP contribution in [0.5, 0.6) is 0 Å². The standard InChI is InChI=1S/C15H22N2O/c1-10-3-4-12(11(2)7-10)8-15(18)17-14-6-5-13(16)9-14/h3-4,7,13-14H,5-6,8-9,16H2,1-2H3,(H,17,18). The van der Waals surface area contributed by atoms with Crippen molar-refractivity contribution in [1.29, 1.82) is 0 Å². The van der Waals surface area contributed by atoms with Crippen LogP contribution in [0.2, 0.25) is 0 Å². The topological polar surface area (TPSA) is 55.1 Å². The summed E-state index contributed by atoms with van der Waals surface area (Å²) in [6, 6.07) is 6.76. The minimum Gasteiger partial charge on any atom is -0.353 e. The molecule has 0 aliphatic heterocycles. The molecule has 1 amide bonds. The maximum atomic E-state index is 12.0. The molecule has 1 aliphatic rings. The molecule has 98 valence electrons. The van der Waals surface area contributed by atoms with Crippen LogP contribution < -0.4 is 11.1 Å². The van der Waals surface area contributed by atoms with E-state index in [-0.39, 0.29) is 18.0 Å². The van der Waals surface area contributed by atoms with E-state index in [0.717, 1.165) is 24.8 Å². The van der Waals surface area contributed by atoms with Gasteiger partial charge >= 0.3 is 0 Å². The molecular weight excluding hydrogens is 224 g/mol. The molecule has 0 heterocycles. The Bertz CT molecular complexity index is 442. The predicted octanol–water partition coefficient (Wildman–Crippen LogP) is 1.84. The predicted molar refractivity (Wildman–Crippen MR) is 73.4 cm³/mol. The van der Waals surface area contributed by atoms with Crippen LogP contribution in [0.15, 0.2) is 18.2 Å². The lowest BCUT2D eigenvalue weighted by molar-refractivity contribution is -0.121. The molecule has 1 fully saturated rings. The number of benzene rings is 1. The fourth-order valence-electron chi connectivity index (χ4n) is 2.64. The number of rotatable bonds is 3. The summed E-state index contributed by atoms with van der Waals surface area (Å²) in [5.41, 5.74) is 9.38. The van der Waals surface area contributed by atoms with Gasteiger partial charge in [0.25, 0.3) is 0 Å². The van der Waals surface area contributed by atoms with Gasteiger partial charge in [-0.25, -0.2) is 0 Å². The molecule has 0 aromatic heterocycles. The number of nitrogens with one attached hydrogen (secondary N) is 1. The lowest BCUT2D eigenvalue weighted by Gasteiger charge is -2.13. The summed E-state index contributed by atoms with van der Waals surface area (Å²) in [6.07, 6.45) is 3.42. The first-order valence-electron chi connectivity index (χ1n) is 6.65. The Kier molecular flexibility index (Phi) is 4.02. The van der Waals surface area contributed by atoms with Gasteiger partial charge in [0.05, 0.1) is 6.42 Å². The number of hydrogen-bond acceptors (Lipinski definition) is 2. The first-order valence-corrected chi connectivity index (χ1v) is 6.65. The zero-order chi connectivity index (χ0) is 13.1. The van der Waals surface area contributed by atoms with Crippen LogP contribution in [0.4, 0.5) is 0 Å². The molecule has 0 bridgehead atoms. The summed E-state index contributed by atoms with van der Waals surface area (Å²) in [7, 11) is 0. The summed E-state index contributed by atoms with van der Waals surface area (Å²) in [6.45, 7) is 4.12. The van der Waals surface area contributed by atoms with E-state index in [4.69, 9.17) is 5.73 Å². The normalized spacial score (nSPS) is 23.1. The molecule has 2 rings (SSSR count). The minimum absolute atomic E-state index is 0.112. The quantitative estimate of drug-likeness (QED) is 0.855. The van der Waals surface area contributed by atoms with E-state index in [0.29, 0.717) is 6.42 Å². The van der Waals surface area contributed by atoms with Gasteiger partial charge in [0.2, 0.25) is 5.91 Å². The number of carbonyl (C=O) groups is 1. The van der Waals surface area contributed by atoms with Crippen molar-refractivity contribution in [2.45, 2.75) is 51.6 Å². The SMILES string of the molecule is Cc1ccc(CC(=O)NC2CCC(N)C2)c(C)c1. The molecule has 0 saturated heterocycles. The van der Waals surface area contributed by atoms with E-state index in [1.807, 2.05) is 6.07 Å². The number of amides is 1. The molecule has 3 nitrogen and oxygen atoms in total. The summed E-state index contributed by atoms with van der Waals surface area (Å²) < 4.78 is 0. The van der Waals surface area contributed by atoms with Crippen LogP contribution in [-0.4, -0.2) is 18.0 Å². The van der Waals surface area contributed by atoms with Gasteiger partial charge in [-0.1, -0.05) is 23.8 Å². The van der Waals surface area contributed by atoms with E-state index in [9.17, 15) is 4.79 Å². The Hall–Kier alpha value is -1.35. The smallest absolute Gasteiger partial charge is 0.224 e. The number of hydrogen-bond donors (Lipinski definition) is 2. The van der Waals surface area contributed by atoms with Gasteiger partial charge in [-0.3, -0.25) is 4.79 Å². The van der Waals surface area contributed by atoms with E-state index < -0.39 is 0 Å². The van der Waals surface area contributed by atoms with Gasteiger partial charge in [-0.05, 0) is 44.2 Å². The van der Waals surface area contributed by atoms with E-state index >= 15 is 0 Å². The molecule has 2 unspecified atom stereocenters. The van der Waals surface area contributed by atoms with Crippen molar-refractivity contribution in [3.05, 3.63) is 34.9 Å². The minimum atomic E-state index is 0.112. The Morgan fingerprint density at radius 2 is 2.17 bits per heavy atom. The summed E-state index contributed by atoms with van der Waals surface area (Å²) in [5.74, 6) is 0.112. The molecule has 0 radical (unpaired) electrons. The van der Waals surface area contributed by atoms with Crippen molar-refractivity contribution in [3.63, 3.8) is 0 Å². The molecule has 1 aromatic carbocycles. The molecule has 1 saturated carbocycles. The molecule has 3 heteroatoms. The first-order chi connectivity index (χ1) is 8.54. The van der Waals surface area contributed by atoms with Crippen LogP contribution in [0.3, 0.4) is 0 Å². The molecule has 1 aromatic rings. The van der Waals surface area contributed by atoms with Crippen LogP contribution in [0, 0.1) is 13.8 Å². The number of nitrogens with two attached hydrogens (primary N) is 1. The van der Waals surface area contributed by atoms with Gasteiger partial charge in [-0.2, -0.15) is 0 Å². The van der Waals surface area contributed by atoms with E-state index in [2.05, 4.69) is 31.3 Å². The molecular formula is C15H22N2O. The Labute approximate surface area is 109 Å². The van der Waals surface area contributed by atoms with Gasteiger partial charge in [0.1, 0.15) is 0 Å². The van der Waals surface area contributed by atoms with Gasteiger partial charge in [0, 0.05) is 12.1 Å². The van der Waals surface area contributed by atoms with Crippen LogP contribution >= 0.6 is 0 Å². The number of carbonyl (C=O) groups excluding carboxylic acids is 1. The molecule has 3 N–H and O–H groups in total. The molecule has 2 atom stereocenters. The van der Waals surface area contributed by atoms with Crippen molar-refractivity contribution in [2.75, 3.05) is 0 Å².